The topological polar surface area (TPSA) is 74.7 Å². The molecule has 0 bridgehead atoms. The number of esters is 1. The van der Waals surface area contributed by atoms with Crippen LogP contribution in [-0.4, -0.2) is 31.0 Å². The summed E-state index contributed by atoms with van der Waals surface area (Å²) in [7, 11) is 3.16. The highest BCUT2D eigenvalue weighted by molar-refractivity contribution is 7.13. The van der Waals surface area contributed by atoms with Crippen molar-refractivity contribution in [2.45, 2.75) is 13.5 Å². The highest BCUT2D eigenvalue weighted by atomic mass is 32.1. The molecule has 0 saturated carbocycles. The number of rotatable bonds is 8. The summed E-state index contributed by atoms with van der Waals surface area (Å²) in [5.41, 5.74) is 3.48. The maximum atomic E-state index is 13.0. The van der Waals surface area contributed by atoms with E-state index in [2.05, 4.69) is 4.98 Å². The van der Waals surface area contributed by atoms with Crippen molar-refractivity contribution in [3.8, 4) is 22.1 Å². The van der Waals surface area contributed by atoms with Crippen LogP contribution in [0.3, 0.4) is 0 Å². The van der Waals surface area contributed by atoms with Gasteiger partial charge in [-0.3, -0.25) is 4.79 Å². The maximum Gasteiger partial charge on any atom is 0.339 e. The van der Waals surface area contributed by atoms with Crippen molar-refractivity contribution in [1.82, 2.24) is 4.98 Å². The van der Waals surface area contributed by atoms with Crippen molar-refractivity contribution in [2.75, 3.05) is 14.2 Å². The lowest BCUT2D eigenvalue weighted by atomic mass is 9.98. The summed E-state index contributed by atoms with van der Waals surface area (Å²) in [5, 5.41) is 2.54. The number of carbonyl (C=O) groups excluding carboxylic acids is 2. The number of aromatic nitrogens is 1. The van der Waals surface area contributed by atoms with E-state index in [4.69, 9.17) is 14.2 Å². The molecule has 0 amide bonds. The van der Waals surface area contributed by atoms with Crippen molar-refractivity contribution < 1.29 is 23.8 Å². The number of hydrogen-bond acceptors (Lipinski definition) is 7. The van der Waals surface area contributed by atoms with Gasteiger partial charge in [-0.15, -0.1) is 11.3 Å². The first-order chi connectivity index (χ1) is 16.5. The van der Waals surface area contributed by atoms with E-state index in [0.717, 1.165) is 16.1 Å². The molecule has 4 aromatic rings. The molecule has 3 aromatic carbocycles. The molecule has 0 radical (unpaired) electrons. The van der Waals surface area contributed by atoms with Crippen LogP contribution in [0.5, 0.6) is 11.5 Å². The van der Waals surface area contributed by atoms with Crippen LogP contribution >= 0.6 is 11.3 Å². The Morgan fingerprint density at radius 2 is 1.62 bits per heavy atom. The lowest BCUT2D eigenvalue weighted by Gasteiger charge is -2.10. The molecule has 0 fully saturated rings. The van der Waals surface area contributed by atoms with Gasteiger partial charge in [-0.2, -0.15) is 0 Å². The summed E-state index contributed by atoms with van der Waals surface area (Å²) >= 11 is 1.41. The standard InChI is InChI=1S/C27H23NO5S/c1-17-11-13-18(14-12-17)24(29)20-7-4-5-8-21(20)27(30)33-15-19-16-34-26(28-19)22-9-6-10-23(31-2)25(22)32-3/h4-14,16H,15H2,1-3H3. The van der Waals surface area contributed by atoms with Crippen molar-refractivity contribution in [3.63, 3.8) is 0 Å². The van der Waals surface area contributed by atoms with Gasteiger partial charge in [0.05, 0.1) is 31.0 Å². The molecule has 1 aromatic heterocycles. The average Bonchev–Trinajstić information content (AvgIpc) is 3.35. The highest BCUT2D eigenvalue weighted by Gasteiger charge is 2.20. The molecule has 0 aliphatic rings. The van der Waals surface area contributed by atoms with E-state index < -0.39 is 5.97 Å². The van der Waals surface area contributed by atoms with Gasteiger partial charge >= 0.3 is 5.97 Å². The summed E-state index contributed by atoms with van der Waals surface area (Å²) in [4.78, 5) is 30.4. The molecule has 172 valence electrons. The van der Waals surface area contributed by atoms with Crippen molar-refractivity contribution in [3.05, 3.63) is 100 Å². The number of ether oxygens (including phenoxy) is 3. The van der Waals surface area contributed by atoms with Gasteiger partial charge in [0.2, 0.25) is 0 Å². The molecule has 0 N–H and O–H groups in total. The molecule has 6 nitrogen and oxygen atoms in total. The van der Waals surface area contributed by atoms with E-state index in [1.807, 2.05) is 42.6 Å². The zero-order valence-electron chi connectivity index (χ0n) is 19.0. The highest BCUT2D eigenvalue weighted by Crippen LogP contribution is 2.39. The number of benzene rings is 3. The lowest BCUT2D eigenvalue weighted by Crippen LogP contribution is -2.12. The van der Waals surface area contributed by atoms with Crippen LogP contribution in [0, 0.1) is 6.92 Å². The summed E-state index contributed by atoms with van der Waals surface area (Å²) in [6.07, 6.45) is 0. The minimum atomic E-state index is -0.579. The summed E-state index contributed by atoms with van der Waals surface area (Å²) in [5.74, 6) is 0.391. The Morgan fingerprint density at radius 3 is 2.32 bits per heavy atom. The van der Waals surface area contributed by atoms with Crippen LogP contribution < -0.4 is 9.47 Å². The second kappa shape index (κ2) is 10.3. The van der Waals surface area contributed by atoms with Crippen LogP contribution in [0.25, 0.3) is 10.6 Å². The molecule has 0 atom stereocenters. The smallest absolute Gasteiger partial charge is 0.339 e. The predicted molar refractivity (Wildman–Crippen MR) is 131 cm³/mol. The van der Waals surface area contributed by atoms with Gasteiger partial charge in [-0.05, 0) is 25.1 Å². The Hall–Kier alpha value is -3.97. The van der Waals surface area contributed by atoms with E-state index in [-0.39, 0.29) is 18.0 Å². The zero-order valence-corrected chi connectivity index (χ0v) is 19.8. The van der Waals surface area contributed by atoms with Crippen LogP contribution in [0.1, 0.15) is 37.5 Å². The van der Waals surface area contributed by atoms with Gasteiger partial charge in [-0.25, -0.2) is 9.78 Å². The Kier molecular flexibility index (Phi) is 7.04. The van der Waals surface area contributed by atoms with Crippen LogP contribution in [-0.2, 0) is 11.3 Å². The number of ketones is 1. The molecule has 0 aliphatic heterocycles. The molecule has 7 heteroatoms. The van der Waals surface area contributed by atoms with Gasteiger partial charge in [0, 0.05) is 16.5 Å². The monoisotopic (exact) mass is 473 g/mol. The Morgan fingerprint density at radius 1 is 0.882 bits per heavy atom. The lowest BCUT2D eigenvalue weighted by molar-refractivity contribution is 0.0466. The van der Waals surface area contributed by atoms with Crippen molar-refractivity contribution in [2.24, 2.45) is 0 Å². The zero-order chi connectivity index (χ0) is 24.1. The third-order valence-corrected chi connectivity index (χ3v) is 6.17. The quantitative estimate of drug-likeness (QED) is 0.241. The van der Waals surface area contributed by atoms with Gasteiger partial charge in [0.25, 0.3) is 0 Å². The number of aryl methyl sites for hydroxylation is 1. The minimum Gasteiger partial charge on any atom is -0.493 e. The number of methoxy groups -OCH3 is 2. The number of para-hydroxylation sites is 1. The average molecular weight is 474 g/mol. The molecule has 0 spiro atoms. The first kappa shape index (κ1) is 23.2. The van der Waals surface area contributed by atoms with Crippen LogP contribution in [0.15, 0.2) is 72.1 Å². The van der Waals surface area contributed by atoms with E-state index in [1.165, 1.54) is 11.3 Å². The Labute approximate surface area is 201 Å². The number of thiazole rings is 1. The molecule has 0 aliphatic carbocycles. The van der Waals surface area contributed by atoms with Gasteiger partial charge < -0.3 is 14.2 Å². The van der Waals surface area contributed by atoms with E-state index in [9.17, 15) is 9.59 Å². The van der Waals surface area contributed by atoms with E-state index in [1.54, 1.807) is 50.6 Å². The SMILES string of the molecule is COc1cccc(-c2nc(COC(=O)c3ccccc3C(=O)c3ccc(C)cc3)cs2)c1OC. The summed E-state index contributed by atoms with van der Waals surface area (Å²) < 4.78 is 16.4. The fraction of sp³-hybridized carbons (Fsp3) is 0.148. The van der Waals surface area contributed by atoms with Gasteiger partial charge in [0.15, 0.2) is 17.3 Å². The molecule has 4 rings (SSSR count). The second-order valence-corrected chi connectivity index (χ2v) is 8.36. The number of hydrogen-bond donors (Lipinski definition) is 0. The van der Waals surface area contributed by atoms with Crippen LogP contribution in [0.4, 0.5) is 0 Å². The number of carbonyl (C=O) groups is 2. The van der Waals surface area contributed by atoms with E-state index in [0.29, 0.717) is 28.3 Å². The number of nitrogens with zero attached hydrogens (tertiary/aromatic N) is 1. The maximum absolute atomic E-state index is 13.0. The molecule has 34 heavy (non-hydrogen) atoms. The minimum absolute atomic E-state index is 0.0192. The fourth-order valence-corrected chi connectivity index (χ4v) is 4.32. The third kappa shape index (κ3) is 4.84. The molecular formula is C27H23NO5S. The fourth-order valence-electron chi connectivity index (χ4n) is 3.49. The Balaban J connectivity index is 1.50. The van der Waals surface area contributed by atoms with Crippen LogP contribution in [0.2, 0.25) is 0 Å². The van der Waals surface area contributed by atoms with Crippen molar-refractivity contribution >= 4 is 23.1 Å². The van der Waals surface area contributed by atoms with Gasteiger partial charge in [-0.1, -0.05) is 54.1 Å². The summed E-state index contributed by atoms with van der Waals surface area (Å²) in [6.45, 7) is 1.93. The van der Waals surface area contributed by atoms with E-state index >= 15 is 0 Å². The molecule has 0 unspecified atom stereocenters. The molecule has 0 saturated heterocycles. The second-order valence-electron chi connectivity index (χ2n) is 7.50. The first-order valence-corrected chi connectivity index (χ1v) is 11.4. The predicted octanol–water partition coefficient (Wildman–Crippen LogP) is 5.72. The van der Waals surface area contributed by atoms with Crippen molar-refractivity contribution in [1.29, 1.82) is 0 Å². The first-order valence-electron chi connectivity index (χ1n) is 10.5. The third-order valence-electron chi connectivity index (χ3n) is 5.24. The largest absolute Gasteiger partial charge is 0.493 e. The summed E-state index contributed by atoms with van der Waals surface area (Å²) in [6, 6.07) is 19.5. The Bertz CT molecular complexity index is 1330. The van der Waals surface area contributed by atoms with Gasteiger partial charge in [0.1, 0.15) is 11.6 Å². The molecule has 1 heterocycles. The molecular weight excluding hydrogens is 450 g/mol. The normalized spacial score (nSPS) is 10.6.